The number of pyridine rings is 1. The normalized spacial score (nSPS) is 14.0. The van der Waals surface area contributed by atoms with Crippen LogP contribution in [-0.4, -0.2) is 30.4 Å². The summed E-state index contributed by atoms with van der Waals surface area (Å²) in [6.45, 7) is 0.447. The summed E-state index contributed by atoms with van der Waals surface area (Å²) in [5, 5.41) is 0. The summed E-state index contributed by atoms with van der Waals surface area (Å²) in [4.78, 5) is 17.9. The molecule has 8 heteroatoms. The summed E-state index contributed by atoms with van der Waals surface area (Å²) in [5.41, 5.74) is 0.229. The number of halogens is 3. The second kappa shape index (κ2) is 5.79. The molecule has 3 rings (SSSR count). The SMILES string of the molecule is O=C(c1ccccc1OC(F)(F)F)N1CCOc2ccncc21. The summed E-state index contributed by atoms with van der Waals surface area (Å²) in [5.74, 6) is -0.696. The van der Waals surface area contributed by atoms with Gasteiger partial charge in [-0.05, 0) is 12.1 Å². The number of ether oxygens (including phenoxy) is 2. The molecule has 5 nitrogen and oxygen atoms in total. The average Bonchev–Trinajstić information content (AvgIpc) is 2.53. The number of anilines is 1. The van der Waals surface area contributed by atoms with Crippen LogP contribution in [0.5, 0.6) is 11.5 Å². The molecule has 1 amide bonds. The van der Waals surface area contributed by atoms with Gasteiger partial charge >= 0.3 is 6.36 Å². The maximum atomic E-state index is 12.7. The molecule has 0 aliphatic carbocycles. The molecule has 0 spiro atoms. The molecule has 1 aliphatic heterocycles. The van der Waals surface area contributed by atoms with Crippen molar-refractivity contribution in [1.82, 2.24) is 4.98 Å². The Hall–Kier alpha value is -2.77. The molecule has 0 saturated carbocycles. The minimum atomic E-state index is -4.87. The molecular formula is C15H11F3N2O3. The van der Waals surface area contributed by atoms with Gasteiger partial charge in [-0.25, -0.2) is 0 Å². The Labute approximate surface area is 129 Å². The van der Waals surface area contributed by atoms with Crippen molar-refractivity contribution >= 4 is 11.6 Å². The molecule has 1 aliphatic rings. The Bertz CT molecular complexity index is 734. The van der Waals surface area contributed by atoms with Crippen molar-refractivity contribution in [3.05, 3.63) is 48.3 Å². The van der Waals surface area contributed by atoms with Gasteiger partial charge in [-0.1, -0.05) is 12.1 Å². The number of alkyl halides is 3. The van der Waals surface area contributed by atoms with Gasteiger partial charge in [0.05, 0.1) is 18.3 Å². The number of nitrogens with zero attached hydrogens (tertiary/aromatic N) is 2. The number of para-hydroxylation sites is 1. The predicted molar refractivity (Wildman–Crippen MR) is 74.5 cm³/mol. The number of amides is 1. The Morgan fingerprint density at radius 2 is 2.04 bits per heavy atom. The zero-order valence-corrected chi connectivity index (χ0v) is 11.7. The topological polar surface area (TPSA) is 51.7 Å². The highest BCUT2D eigenvalue weighted by Crippen LogP contribution is 2.33. The Balaban J connectivity index is 1.96. The van der Waals surface area contributed by atoms with Crippen LogP contribution in [0.3, 0.4) is 0 Å². The van der Waals surface area contributed by atoms with E-state index in [-0.39, 0.29) is 18.7 Å². The molecule has 0 atom stereocenters. The van der Waals surface area contributed by atoms with E-state index in [0.717, 1.165) is 6.07 Å². The lowest BCUT2D eigenvalue weighted by molar-refractivity contribution is -0.274. The first-order valence-corrected chi connectivity index (χ1v) is 6.69. The summed E-state index contributed by atoms with van der Waals surface area (Å²) in [6, 6.07) is 6.82. The van der Waals surface area contributed by atoms with Crippen molar-refractivity contribution in [2.45, 2.75) is 6.36 Å². The summed E-state index contributed by atoms with van der Waals surface area (Å²) in [7, 11) is 0. The van der Waals surface area contributed by atoms with Gasteiger partial charge in [-0.3, -0.25) is 9.78 Å². The van der Waals surface area contributed by atoms with E-state index >= 15 is 0 Å². The first-order chi connectivity index (χ1) is 11.0. The first-order valence-electron chi connectivity index (χ1n) is 6.69. The lowest BCUT2D eigenvalue weighted by Crippen LogP contribution is -2.38. The molecule has 0 saturated heterocycles. The second-order valence-corrected chi connectivity index (χ2v) is 4.69. The standard InChI is InChI=1S/C15H11F3N2O3/c16-15(17,18)23-12-4-2-1-3-10(12)14(21)20-7-8-22-13-5-6-19-9-11(13)20/h1-6,9H,7-8H2. The number of rotatable bonds is 2. The minimum absolute atomic E-state index is 0.179. The summed E-state index contributed by atoms with van der Waals surface area (Å²) >= 11 is 0. The zero-order chi connectivity index (χ0) is 16.4. The first kappa shape index (κ1) is 15.1. The fourth-order valence-electron chi connectivity index (χ4n) is 2.28. The van der Waals surface area contributed by atoms with Gasteiger partial charge in [0.2, 0.25) is 0 Å². The van der Waals surface area contributed by atoms with Crippen molar-refractivity contribution in [1.29, 1.82) is 0 Å². The van der Waals surface area contributed by atoms with Crippen molar-refractivity contribution < 1.29 is 27.4 Å². The predicted octanol–water partition coefficient (Wildman–Crippen LogP) is 3.02. The van der Waals surface area contributed by atoms with Crippen molar-refractivity contribution in [2.75, 3.05) is 18.1 Å². The zero-order valence-electron chi connectivity index (χ0n) is 11.7. The molecule has 2 aromatic rings. The Morgan fingerprint density at radius 1 is 1.26 bits per heavy atom. The monoisotopic (exact) mass is 324 g/mol. The average molecular weight is 324 g/mol. The van der Waals surface area contributed by atoms with Gasteiger partial charge in [0.1, 0.15) is 23.8 Å². The highest BCUT2D eigenvalue weighted by atomic mass is 19.4. The second-order valence-electron chi connectivity index (χ2n) is 4.69. The van der Waals surface area contributed by atoms with Crippen LogP contribution in [0.25, 0.3) is 0 Å². The van der Waals surface area contributed by atoms with Crippen molar-refractivity contribution in [3.8, 4) is 11.5 Å². The quantitative estimate of drug-likeness (QED) is 0.852. The van der Waals surface area contributed by atoms with E-state index in [1.165, 1.54) is 35.5 Å². The highest BCUT2D eigenvalue weighted by Gasteiger charge is 2.34. The van der Waals surface area contributed by atoms with E-state index in [1.807, 2.05) is 0 Å². The van der Waals surface area contributed by atoms with Gasteiger partial charge in [0.25, 0.3) is 5.91 Å². The van der Waals surface area contributed by atoms with Gasteiger partial charge in [-0.2, -0.15) is 0 Å². The van der Waals surface area contributed by atoms with Crippen LogP contribution in [0.1, 0.15) is 10.4 Å². The van der Waals surface area contributed by atoms with Crippen LogP contribution < -0.4 is 14.4 Å². The van der Waals surface area contributed by atoms with Crippen molar-refractivity contribution in [3.63, 3.8) is 0 Å². The van der Waals surface area contributed by atoms with Crippen LogP contribution in [0.4, 0.5) is 18.9 Å². The number of hydrogen-bond donors (Lipinski definition) is 0. The maximum Gasteiger partial charge on any atom is 0.573 e. The van der Waals surface area contributed by atoms with Crippen LogP contribution in [-0.2, 0) is 0 Å². The number of carbonyl (C=O) groups is 1. The van der Waals surface area contributed by atoms with E-state index < -0.39 is 18.0 Å². The lowest BCUT2D eigenvalue weighted by Gasteiger charge is -2.29. The molecule has 23 heavy (non-hydrogen) atoms. The van der Waals surface area contributed by atoms with Gasteiger partial charge < -0.3 is 14.4 Å². The number of aromatic nitrogens is 1. The molecule has 1 aromatic heterocycles. The molecule has 0 bridgehead atoms. The molecule has 1 aromatic carbocycles. The van der Waals surface area contributed by atoms with Crippen LogP contribution in [0, 0.1) is 0 Å². The van der Waals surface area contributed by atoms with E-state index in [1.54, 1.807) is 6.07 Å². The van der Waals surface area contributed by atoms with Gasteiger partial charge in [0, 0.05) is 12.3 Å². The van der Waals surface area contributed by atoms with Gasteiger partial charge in [-0.15, -0.1) is 13.2 Å². The number of fused-ring (bicyclic) bond motifs is 1. The fraction of sp³-hybridized carbons (Fsp3) is 0.200. The number of carbonyl (C=O) groups excluding carboxylic acids is 1. The van der Waals surface area contributed by atoms with E-state index in [0.29, 0.717) is 11.4 Å². The fourth-order valence-corrected chi connectivity index (χ4v) is 2.28. The maximum absolute atomic E-state index is 12.7. The third kappa shape index (κ3) is 3.20. The third-order valence-electron chi connectivity index (χ3n) is 3.21. The van der Waals surface area contributed by atoms with Crippen molar-refractivity contribution in [2.24, 2.45) is 0 Å². The summed E-state index contributed by atoms with van der Waals surface area (Å²) in [6.07, 6.45) is -1.94. The molecular weight excluding hydrogens is 313 g/mol. The smallest absolute Gasteiger partial charge is 0.489 e. The minimum Gasteiger partial charge on any atom is -0.489 e. The molecule has 0 N–H and O–H groups in total. The highest BCUT2D eigenvalue weighted by molar-refractivity contribution is 6.08. The third-order valence-corrected chi connectivity index (χ3v) is 3.21. The van der Waals surface area contributed by atoms with Crippen LogP contribution in [0.15, 0.2) is 42.7 Å². The molecule has 2 heterocycles. The van der Waals surface area contributed by atoms with E-state index in [4.69, 9.17) is 4.74 Å². The van der Waals surface area contributed by atoms with Crippen LogP contribution >= 0.6 is 0 Å². The number of benzene rings is 1. The Morgan fingerprint density at radius 3 is 2.83 bits per heavy atom. The molecule has 0 unspecified atom stereocenters. The molecule has 0 fully saturated rings. The van der Waals surface area contributed by atoms with Crippen LogP contribution in [0.2, 0.25) is 0 Å². The van der Waals surface area contributed by atoms with E-state index in [9.17, 15) is 18.0 Å². The number of hydrogen-bond acceptors (Lipinski definition) is 4. The largest absolute Gasteiger partial charge is 0.573 e. The summed E-state index contributed by atoms with van der Waals surface area (Å²) < 4.78 is 46.8. The molecule has 0 radical (unpaired) electrons. The lowest BCUT2D eigenvalue weighted by atomic mass is 10.1. The van der Waals surface area contributed by atoms with E-state index in [2.05, 4.69) is 9.72 Å². The van der Waals surface area contributed by atoms with Gasteiger partial charge in [0.15, 0.2) is 0 Å². The Kier molecular flexibility index (Phi) is 3.81. The molecule has 120 valence electrons.